The monoisotopic (exact) mass is 276 g/mol. The molecule has 1 aromatic heterocycles. The first-order chi connectivity index (χ1) is 8.69. The van der Waals surface area contributed by atoms with Crippen LogP contribution >= 0.6 is 24.0 Å². The third-order valence-corrected chi connectivity index (χ3v) is 3.23. The Morgan fingerprint density at radius 1 is 1.22 bits per heavy atom. The minimum Gasteiger partial charge on any atom is -0.457 e. The maximum atomic E-state index is 5.70. The van der Waals surface area contributed by atoms with E-state index in [0.29, 0.717) is 11.4 Å². The second kappa shape index (κ2) is 5.84. The summed E-state index contributed by atoms with van der Waals surface area (Å²) in [5.41, 5.74) is 6.08. The van der Waals surface area contributed by atoms with Crippen molar-refractivity contribution in [3.05, 3.63) is 48.3 Å². The second-order valence-corrected chi connectivity index (χ2v) is 4.84. The van der Waals surface area contributed by atoms with E-state index < -0.39 is 0 Å². The van der Waals surface area contributed by atoms with Crippen molar-refractivity contribution in [2.45, 2.75) is 4.90 Å². The molecular formula is C13H12N2OS2. The van der Waals surface area contributed by atoms with Gasteiger partial charge in [0.05, 0.1) is 0 Å². The Morgan fingerprint density at radius 2 is 1.94 bits per heavy atom. The number of thioether (sulfide) groups is 1. The number of pyridine rings is 1. The molecule has 0 atom stereocenters. The molecule has 0 spiro atoms. The summed E-state index contributed by atoms with van der Waals surface area (Å²) >= 11 is 6.57. The number of hydrogen-bond donors (Lipinski definition) is 1. The molecule has 0 radical (unpaired) electrons. The van der Waals surface area contributed by atoms with Crippen molar-refractivity contribution in [2.24, 2.45) is 5.73 Å². The zero-order chi connectivity index (χ0) is 13.0. The van der Waals surface area contributed by atoms with Gasteiger partial charge in [0.15, 0.2) is 0 Å². The van der Waals surface area contributed by atoms with Crippen LogP contribution in [0.15, 0.2) is 47.5 Å². The highest BCUT2D eigenvalue weighted by molar-refractivity contribution is 7.98. The van der Waals surface area contributed by atoms with Crippen molar-refractivity contribution in [2.75, 3.05) is 6.26 Å². The van der Waals surface area contributed by atoms with Gasteiger partial charge < -0.3 is 10.5 Å². The minimum absolute atomic E-state index is 0.262. The number of hydrogen-bond acceptors (Lipinski definition) is 4. The van der Waals surface area contributed by atoms with Crippen molar-refractivity contribution in [3.63, 3.8) is 0 Å². The van der Waals surface area contributed by atoms with Crippen LogP contribution < -0.4 is 10.5 Å². The number of nitrogens with zero attached hydrogens (tertiary/aromatic N) is 1. The SMILES string of the molecule is CSc1ccc(Oc2ccnc(C(N)=S)c2)cc1. The van der Waals surface area contributed by atoms with Gasteiger partial charge in [-0.15, -0.1) is 11.8 Å². The van der Waals surface area contributed by atoms with E-state index in [2.05, 4.69) is 4.98 Å². The number of thiocarbonyl (C=S) groups is 1. The van der Waals surface area contributed by atoms with Gasteiger partial charge in [0, 0.05) is 17.2 Å². The fraction of sp³-hybridized carbons (Fsp3) is 0.0769. The number of rotatable bonds is 4. The lowest BCUT2D eigenvalue weighted by Crippen LogP contribution is -2.11. The zero-order valence-electron chi connectivity index (χ0n) is 9.79. The Bertz CT molecular complexity index is 555. The third kappa shape index (κ3) is 3.21. The number of nitrogens with two attached hydrogens (primary N) is 1. The lowest BCUT2D eigenvalue weighted by molar-refractivity contribution is 0.481. The standard InChI is InChI=1S/C13H12N2OS2/c1-18-11-4-2-9(3-5-11)16-10-6-7-15-12(8-10)13(14)17/h2-8H,1H3,(H2,14,17). The molecular weight excluding hydrogens is 264 g/mol. The average molecular weight is 276 g/mol. The first kappa shape index (κ1) is 12.9. The number of ether oxygens (including phenoxy) is 1. The molecule has 0 amide bonds. The predicted octanol–water partition coefficient (Wildman–Crippen LogP) is 3.23. The minimum atomic E-state index is 0.262. The summed E-state index contributed by atoms with van der Waals surface area (Å²) in [5, 5.41) is 0. The largest absolute Gasteiger partial charge is 0.457 e. The molecule has 0 saturated carbocycles. The molecule has 0 aliphatic rings. The molecule has 0 bridgehead atoms. The fourth-order valence-corrected chi connectivity index (χ4v) is 1.91. The van der Waals surface area contributed by atoms with Crippen molar-refractivity contribution in [1.82, 2.24) is 4.98 Å². The van der Waals surface area contributed by atoms with Crippen molar-refractivity contribution >= 4 is 29.0 Å². The Balaban J connectivity index is 2.17. The van der Waals surface area contributed by atoms with Gasteiger partial charge in [-0.25, -0.2) is 0 Å². The van der Waals surface area contributed by atoms with Crippen molar-refractivity contribution in [3.8, 4) is 11.5 Å². The topological polar surface area (TPSA) is 48.1 Å². The molecule has 1 aromatic carbocycles. The van der Waals surface area contributed by atoms with E-state index >= 15 is 0 Å². The molecule has 5 heteroatoms. The van der Waals surface area contributed by atoms with Gasteiger partial charge >= 0.3 is 0 Å². The van der Waals surface area contributed by atoms with E-state index in [4.69, 9.17) is 22.7 Å². The molecule has 0 fully saturated rings. The molecule has 2 rings (SSSR count). The van der Waals surface area contributed by atoms with E-state index in [0.717, 1.165) is 5.75 Å². The summed E-state index contributed by atoms with van der Waals surface area (Å²) in [7, 11) is 0. The van der Waals surface area contributed by atoms with E-state index in [1.807, 2.05) is 30.5 Å². The number of benzene rings is 1. The average Bonchev–Trinajstić information content (AvgIpc) is 2.40. The maximum Gasteiger partial charge on any atom is 0.131 e. The number of aromatic nitrogens is 1. The summed E-state index contributed by atoms with van der Waals surface area (Å²) in [4.78, 5) is 5.52. The molecule has 92 valence electrons. The third-order valence-electron chi connectivity index (χ3n) is 2.28. The summed E-state index contributed by atoms with van der Waals surface area (Å²) in [5.74, 6) is 1.44. The highest BCUT2D eigenvalue weighted by Crippen LogP contribution is 2.24. The molecule has 18 heavy (non-hydrogen) atoms. The Hall–Kier alpha value is -1.59. The lowest BCUT2D eigenvalue weighted by atomic mass is 10.3. The normalized spacial score (nSPS) is 10.1. The van der Waals surface area contributed by atoms with Crippen LogP contribution in [0.4, 0.5) is 0 Å². The van der Waals surface area contributed by atoms with Gasteiger partial charge in [-0.3, -0.25) is 4.98 Å². The van der Waals surface area contributed by atoms with E-state index in [9.17, 15) is 0 Å². The van der Waals surface area contributed by atoms with Crippen LogP contribution in [0.3, 0.4) is 0 Å². The molecule has 0 aliphatic heterocycles. The Kier molecular flexibility index (Phi) is 4.17. The summed E-state index contributed by atoms with van der Waals surface area (Å²) < 4.78 is 5.70. The lowest BCUT2D eigenvalue weighted by Gasteiger charge is -2.07. The molecule has 2 aromatic rings. The van der Waals surface area contributed by atoms with Crippen LogP contribution in [0.2, 0.25) is 0 Å². The van der Waals surface area contributed by atoms with Crippen LogP contribution in [0, 0.1) is 0 Å². The zero-order valence-corrected chi connectivity index (χ0v) is 11.4. The van der Waals surface area contributed by atoms with Gasteiger partial charge in [0.25, 0.3) is 0 Å². The second-order valence-electron chi connectivity index (χ2n) is 3.52. The van der Waals surface area contributed by atoms with Crippen molar-refractivity contribution in [1.29, 1.82) is 0 Å². The summed E-state index contributed by atoms with van der Waals surface area (Å²) in [6.45, 7) is 0. The molecule has 1 heterocycles. The highest BCUT2D eigenvalue weighted by atomic mass is 32.2. The molecule has 3 nitrogen and oxygen atoms in total. The Labute approximate surface area is 115 Å². The van der Waals surface area contributed by atoms with Gasteiger partial charge in [0.2, 0.25) is 0 Å². The van der Waals surface area contributed by atoms with E-state index in [1.54, 1.807) is 30.1 Å². The maximum absolute atomic E-state index is 5.70. The first-order valence-electron chi connectivity index (χ1n) is 5.27. The van der Waals surface area contributed by atoms with Crippen LogP contribution in [0.5, 0.6) is 11.5 Å². The van der Waals surface area contributed by atoms with Gasteiger partial charge in [0.1, 0.15) is 22.2 Å². The van der Waals surface area contributed by atoms with Crippen molar-refractivity contribution < 1.29 is 4.74 Å². The quantitative estimate of drug-likeness (QED) is 0.686. The first-order valence-corrected chi connectivity index (χ1v) is 6.90. The molecule has 0 unspecified atom stereocenters. The van der Waals surface area contributed by atoms with E-state index in [1.165, 1.54) is 4.90 Å². The van der Waals surface area contributed by atoms with Crippen LogP contribution in [0.25, 0.3) is 0 Å². The van der Waals surface area contributed by atoms with Gasteiger partial charge in [-0.1, -0.05) is 12.2 Å². The Morgan fingerprint density at radius 3 is 2.56 bits per heavy atom. The van der Waals surface area contributed by atoms with Gasteiger partial charge in [-0.2, -0.15) is 0 Å². The smallest absolute Gasteiger partial charge is 0.131 e. The summed E-state index contributed by atoms with van der Waals surface area (Å²) in [6.07, 6.45) is 3.66. The predicted molar refractivity (Wildman–Crippen MR) is 78.4 cm³/mol. The van der Waals surface area contributed by atoms with Crippen LogP contribution in [-0.2, 0) is 0 Å². The van der Waals surface area contributed by atoms with Gasteiger partial charge in [-0.05, 0) is 36.6 Å². The van der Waals surface area contributed by atoms with Crippen LogP contribution in [0.1, 0.15) is 5.69 Å². The van der Waals surface area contributed by atoms with Crippen LogP contribution in [-0.4, -0.2) is 16.2 Å². The molecule has 0 aliphatic carbocycles. The molecule has 2 N–H and O–H groups in total. The molecule has 0 saturated heterocycles. The fourth-order valence-electron chi connectivity index (χ4n) is 1.39. The highest BCUT2D eigenvalue weighted by Gasteiger charge is 2.02. The summed E-state index contributed by atoms with van der Waals surface area (Å²) in [6, 6.07) is 11.4. The van der Waals surface area contributed by atoms with E-state index in [-0.39, 0.29) is 4.99 Å².